The predicted molar refractivity (Wildman–Crippen MR) is 251 cm³/mol. The molecule has 0 saturated carbocycles. The van der Waals surface area contributed by atoms with Gasteiger partial charge in [0.1, 0.15) is 0 Å². The van der Waals surface area contributed by atoms with E-state index in [1.807, 2.05) is 0 Å². The molecule has 0 bridgehead atoms. The molecule has 2 N–H and O–H groups in total. The molecular weight excluding hydrogens is 732 g/mol. The van der Waals surface area contributed by atoms with E-state index in [2.05, 4.69) is 41.5 Å². The van der Waals surface area contributed by atoms with Crippen LogP contribution in [0.3, 0.4) is 0 Å². The third-order valence-corrected chi connectivity index (χ3v) is 13.9. The molecule has 0 fully saturated rings. The predicted octanol–water partition coefficient (Wildman–Crippen LogP) is 18.9. The fourth-order valence-corrected chi connectivity index (χ4v) is 9.99. The van der Waals surface area contributed by atoms with Crippen LogP contribution < -0.4 is 0 Å². The van der Waals surface area contributed by atoms with Crippen LogP contribution in [0.5, 0.6) is 0 Å². The van der Waals surface area contributed by atoms with Crippen molar-refractivity contribution in [2.24, 2.45) is 11.3 Å². The summed E-state index contributed by atoms with van der Waals surface area (Å²) in [6.45, 7) is 14.3. The average Bonchev–Trinajstić information content (AvgIpc) is 3.20. The standard InChI is InChI=1S/C53H108O.H2O.O.Ti/c1-7-11-15-19-23-27-31-35-39-43-47-52(51(5)6,48-44-40-36-32-28-24-20-16-12-8-2)53(54,49-45-41-37-33-29-25-21-17-13-9-3)50-46-42-38-34-30-26-22-18-14-10-4;;;/h51,54H,7-50H2,1-6H3;1H2;;/q;;;+1/p-1. The molecule has 0 atom stereocenters. The molecule has 0 saturated heterocycles. The first-order chi connectivity index (χ1) is 27.9. The molecule has 343 valence electrons. The fraction of sp³-hybridized carbons (Fsp3) is 1.00. The number of hydrogen-bond donors (Lipinski definition) is 2. The normalized spacial score (nSPS) is 11.9. The van der Waals surface area contributed by atoms with Crippen LogP contribution in [0.2, 0.25) is 0 Å². The Labute approximate surface area is 370 Å². The van der Waals surface area contributed by atoms with Crippen molar-refractivity contribution >= 4 is 0 Å². The van der Waals surface area contributed by atoms with Crippen molar-refractivity contribution in [3.05, 3.63) is 0 Å². The van der Waals surface area contributed by atoms with E-state index in [9.17, 15) is 5.11 Å². The molecule has 3 nitrogen and oxygen atoms in total. The van der Waals surface area contributed by atoms with Crippen molar-refractivity contribution in [2.75, 3.05) is 0 Å². The van der Waals surface area contributed by atoms with Gasteiger partial charge in [0.05, 0.1) is 5.60 Å². The maximum atomic E-state index is 13.2. The molecule has 0 aromatic heterocycles. The first-order valence-corrected chi connectivity index (χ1v) is 27.9. The van der Waals surface area contributed by atoms with Crippen molar-refractivity contribution in [3.63, 3.8) is 0 Å². The van der Waals surface area contributed by atoms with Crippen molar-refractivity contribution in [2.45, 2.75) is 330 Å². The molecule has 0 aromatic carbocycles. The summed E-state index contributed by atoms with van der Waals surface area (Å²) in [5, 5.41) is 13.2. The topological polar surface area (TPSA) is 57.5 Å². The maximum absolute atomic E-state index is 13.2. The van der Waals surface area contributed by atoms with Crippen LogP contribution in [0, 0.1) is 11.3 Å². The Morgan fingerprint density at radius 3 is 0.667 bits per heavy atom. The molecule has 0 aliphatic carbocycles. The minimum absolute atomic E-state index is 0.0753. The van der Waals surface area contributed by atoms with E-state index >= 15 is 0 Å². The van der Waals surface area contributed by atoms with E-state index in [1.54, 1.807) is 0 Å². The van der Waals surface area contributed by atoms with E-state index in [-0.39, 0.29) is 5.41 Å². The van der Waals surface area contributed by atoms with Gasteiger partial charge in [-0.2, -0.15) is 0 Å². The van der Waals surface area contributed by atoms with Crippen LogP contribution in [0.25, 0.3) is 0 Å². The Hall–Kier alpha value is 0.434. The van der Waals surface area contributed by atoms with Crippen LogP contribution in [-0.4, -0.2) is 14.4 Å². The molecule has 0 aromatic rings. The van der Waals surface area contributed by atoms with Gasteiger partial charge in [-0.3, -0.25) is 0 Å². The Balaban J connectivity index is 0. The molecule has 0 spiro atoms. The molecule has 57 heavy (non-hydrogen) atoms. The first kappa shape index (κ1) is 59.5. The van der Waals surface area contributed by atoms with Gasteiger partial charge >= 0.3 is 26.5 Å². The van der Waals surface area contributed by atoms with Gasteiger partial charge in [-0.15, -0.1) is 0 Å². The number of unbranched alkanes of at least 4 members (excludes halogenated alkanes) is 36. The minimum atomic E-state index is -1.75. The third kappa shape index (κ3) is 36.8. The van der Waals surface area contributed by atoms with Gasteiger partial charge in [0.2, 0.25) is 0 Å². The van der Waals surface area contributed by atoms with Gasteiger partial charge < -0.3 is 5.11 Å². The van der Waals surface area contributed by atoms with Gasteiger partial charge in [0, 0.05) is 5.41 Å². The van der Waals surface area contributed by atoms with Crippen molar-refractivity contribution in [1.29, 1.82) is 0 Å². The Morgan fingerprint density at radius 1 is 0.333 bits per heavy atom. The summed E-state index contributed by atoms with van der Waals surface area (Å²) in [5.41, 5.74) is -0.425. The summed E-state index contributed by atoms with van der Waals surface area (Å²) in [6, 6.07) is 0. The van der Waals surface area contributed by atoms with Crippen molar-refractivity contribution < 1.29 is 31.6 Å². The molecule has 0 radical (unpaired) electrons. The zero-order valence-corrected chi connectivity index (χ0v) is 42.1. The van der Waals surface area contributed by atoms with Gasteiger partial charge in [0.15, 0.2) is 0 Å². The van der Waals surface area contributed by atoms with Crippen LogP contribution in [0.4, 0.5) is 0 Å². The Morgan fingerprint density at radius 2 is 0.491 bits per heavy atom. The number of aliphatic hydroxyl groups is 1. The molecule has 0 amide bonds. The zero-order chi connectivity index (χ0) is 42.4. The third-order valence-electron chi connectivity index (χ3n) is 13.9. The quantitative estimate of drug-likeness (QED) is 0.0474. The van der Waals surface area contributed by atoms with E-state index in [4.69, 9.17) is 7.01 Å². The monoisotopic (exact) mass is 842 g/mol. The summed E-state index contributed by atoms with van der Waals surface area (Å²) < 4.78 is 15.8. The summed E-state index contributed by atoms with van der Waals surface area (Å²) in [7, 11) is 0. The van der Waals surface area contributed by atoms with Crippen molar-refractivity contribution in [3.8, 4) is 0 Å². The Bertz CT molecular complexity index is 706. The summed E-state index contributed by atoms with van der Waals surface area (Å²) in [5.74, 6) is 0.547. The summed E-state index contributed by atoms with van der Waals surface area (Å²) in [6.07, 6.45) is 60.2. The van der Waals surface area contributed by atoms with E-state index in [0.29, 0.717) is 5.92 Å². The van der Waals surface area contributed by atoms with E-state index < -0.39 is 25.1 Å². The summed E-state index contributed by atoms with van der Waals surface area (Å²) in [4.78, 5) is 0. The molecule has 0 aliphatic heterocycles. The Kier molecular flexibility index (Phi) is 49.6. The summed E-state index contributed by atoms with van der Waals surface area (Å²) >= 11 is -1.75. The van der Waals surface area contributed by atoms with Crippen LogP contribution in [0.15, 0.2) is 0 Å². The van der Waals surface area contributed by atoms with E-state index in [0.717, 1.165) is 12.8 Å². The van der Waals surface area contributed by atoms with Crippen LogP contribution >= 0.6 is 0 Å². The molecule has 4 heteroatoms. The molecule has 0 aliphatic rings. The van der Waals surface area contributed by atoms with Gasteiger partial charge in [-0.25, -0.2) is 0 Å². The van der Waals surface area contributed by atoms with Gasteiger partial charge in [0.25, 0.3) is 0 Å². The average molecular weight is 842 g/mol. The second kappa shape index (κ2) is 47.5. The van der Waals surface area contributed by atoms with Crippen LogP contribution in [0.1, 0.15) is 324 Å². The molecule has 0 heterocycles. The number of rotatable bonds is 46. The fourth-order valence-electron chi connectivity index (χ4n) is 9.99. The van der Waals surface area contributed by atoms with Crippen molar-refractivity contribution in [1.82, 2.24) is 0 Å². The first-order valence-electron chi connectivity index (χ1n) is 26.6. The second-order valence-corrected chi connectivity index (χ2v) is 19.4. The van der Waals surface area contributed by atoms with Crippen LogP contribution in [-0.2, 0) is 22.8 Å². The SMILES string of the molecule is CCCCCCCCCCCCC(O)(CCCCCCCCCCCC)C(CCCCCCCCCCCC)(CCCCCCCCCCCC)C(C)C.[O]=[Ti][OH]. The van der Waals surface area contributed by atoms with E-state index in [1.165, 1.54) is 270 Å². The number of hydrogen-bond acceptors (Lipinski definition) is 2. The molecule has 0 unspecified atom stereocenters. The second-order valence-electron chi connectivity index (χ2n) is 19.2. The van der Waals surface area contributed by atoms with Gasteiger partial charge in [-0.05, 0) is 31.6 Å². The van der Waals surface area contributed by atoms with Gasteiger partial charge in [-0.1, -0.05) is 298 Å². The molecule has 0 rings (SSSR count). The molecular formula is C53H109O3Ti. The zero-order valence-electron chi connectivity index (χ0n) is 40.5.